The van der Waals surface area contributed by atoms with E-state index >= 15 is 0 Å². The maximum atomic E-state index is 13.4. The molecular formula is C12H9F3O2. The third-order valence-corrected chi connectivity index (χ3v) is 2.55. The molecule has 1 aromatic heterocycles. The van der Waals surface area contributed by atoms with Crippen molar-refractivity contribution < 1.29 is 22.7 Å². The van der Waals surface area contributed by atoms with Crippen molar-refractivity contribution in [3.8, 4) is 0 Å². The Labute approximate surface area is 95.3 Å². The quantitative estimate of drug-likeness (QED) is 0.821. The van der Waals surface area contributed by atoms with Crippen LogP contribution in [0, 0.1) is 24.4 Å². The van der Waals surface area contributed by atoms with Crippen LogP contribution in [0.25, 0.3) is 0 Å². The van der Waals surface area contributed by atoms with Crippen molar-refractivity contribution in [1.82, 2.24) is 0 Å². The van der Waals surface area contributed by atoms with Gasteiger partial charge in [-0.05, 0) is 19.1 Å². The highest BCUT2D eigenvalue weighted by atomic mass is 19.2. The van der Waals surface area contributed by atoms with E-state index in [4.69, 9.17) is 4.42 Å². The fraction of sp³-hybridized carbons (Fsp3) is 0.167. The SMILES string of the molecule is Cc1occc1C(O)c1ccc(F)c(F)c1F. The number of aliphatic hydroxyl groups excluding tert-OH is 1. The third-order valence-electron chi connectivity index (χ3n) is 2.55. The highest BCUT2D eigenvalue weighted by Crippen LogP contribution is 2.28. The number of aryl methyl sites for hydroxylation is 1. The molecule has 17 heavy (non-hydrogen) atoms. The van der Waals surface area contributed by atoms with Gasteiger partial charge in [-0.1, -0.05) is 6.07 Å². The fourth-order valence-electron chi connectivity index (χ4n) is 1.60. The molecule has 0 spiro atoms. The van der Waals surface area contributed by atoms with Gasteiger partial charge in [0.25, 0.3) is 0 Å². The Kier molecular flexibility index (Phi) is 2.93. The summed E-state index contributed by atoms with van der Waals surface area (Å²) in [6.07, 6.45) is -0.0603. The second kappa shape index (κ2) is 4.25. The van der Waals surface area contributed by atoms with Gasteiger partial charge in [-0.3, -0.25) is 0 Å². The van der Waals surface area contributed by atoms with E-state index in [1.54, 1.807) is 6.92 Å². The lowest BCUT2D eigenvalue weighted by atomic mass is 10.0. The average molecular weight is 242 g/mol. The van der Waals surface area contributed by atoms with E-state index < -0.39 is 23.6 Å². The second-order valence-corrected chi connectivity index (χ2v) is 3.60. The van der Waals surface area contributed by atoms with Crippen molar-refractivity contribution in [2.75, 3.05) is 0 Å². The van der Waals surface area contributed by atoms with Gasteiger partial charge in [0.05, 0.1) is 6.26 Å². The van der Waals surface area contributed by atoms with Gasteiger partial charge in [-0.25, -0.2) is 13.2 Å². The van der Waals surface area contributed by atoms with Crippen molar-refractivity contribution in [3.63, 3.8) is 0 Å². The summed E-state index contributed by atoms with van der Waals surface area (Å²) < 4.78 is 44.1. The van der Waals surface area contributed by atoms with Gasteiger partial charge in [0, 0.05) is 11.1 Å². The summed E-state index contributed by atoms with van der Waals surface area (Å²) in [4.78, 5) is 0. The number of aliphatic hydroxyl groups is 1. The number of halogens is 3. The van der Waals surface area contributed by atoms with Crippen LogP contribution in [0.1, 0.15) is 23.0 Å². The minimum absolute atomic E-state index is 0.315. The van der Waals surface area contributed by atoms with Crippen LogP contribution in [0.4, 0.5) is 13.2 Å². The number of rotatable bonds is 2. The van der Waals surface area contributed by atoms with Gasteiger partial charge < -0.3 is 9.52 Å². The van der Waals surface area contributed by atoms with E-state index in [0.29, 0.717) is 11.3 Å². The zero-order valence-corrected chi connectivity index (χ0v) is 8.88. The molecule has 0 bridgehead atoms. The maximum absolute atomic E-state index is 13.4. The Morgan fingerprint density at radius 1 is 1.06 bits per heavy atom. The predicted octanol–water partition coefficient (Wildman–Crippen LogP) is 3.09. The van der Waals surface area contributed by atoms with E-state index in [1.165, 1.54) is 12.3 Å². The fourth-order valence-corrected chi connectivity index (χ4v) is 1.60. The molecule has 90 valence electrons. The first-order chi connectivity index (χ1) is 8.02. The van der Waals surface area contributed by atoms with E-state index in [9.17, 15) is 18.3 Å². The van der Waals surface area contributed by atoms with E-state index in [2.05, 4.69) is 0 Å². The molecule has 5 heteroatoms. The van der Waals surface area contributed by atoms with Crippen LogP contribution in [0.15, 0.2) is 28.9 Å². The highest BCUT2D eigenvalue weighted by molar-refractivity contribution is 5.32. The van der Waals surface area contributed by atoms with E-state index in [0.717, 1.165) is 12.1 Å². The monoisotopic (exact) mass is 242 g/mol. The Bertz CT molecular complexity index is 549. The van der Waals surface area contributed by atoms with Gasteiger partial charge in [0.15, 0.2) is 17.5 Å². The van der Waals surface area contributed by atoms with Crippen molar-refractivity contribution in [2.45, 2.75) is 13.0 Å². The summed E-state index contributed by atoms with van der Waals surface area (Å²) in [5.41, 5.74) is -0.0108. The van der Waals surface area contributed by atoms with Crippen LogP contribution >= 0.6 is 0 Å². The Balaban J connectivity index is 2.48. The average Bonchev–Trinajstić information content (AvgIpc) is 2.72. The highest BCUT2D eigenvalue weighted by Gasteiger charge is 2.22. The molecule has 2 nitrogen and oxygen atoms in total. The topological polar surface area (TPSA) is 33.4 Å². The minimum Gasteiger partial charge on any atom is -0.469 e. The molecule has 0 saturated carbocycles. The molecule has 0 aliphatic carbocycles. The lowest BCUT2D eigenvalue weighted by Crippen LogP contribution is -2.05. The van der Waals surface area contributed by atoms with Crippen LogP contribution in [0.5, 0.6) is 0 Å². The molecule has 0 saturated heterocycles. The number of hydrogen-bond donors (Lipinski definition) is 1. The minimum atomic E-state index is -1.59. The molecule has 0 aliphatic heterocycles. The summed E-state index contributed by atoms with van der Waals surface area (Å²) in [7, 11) is 0. The molecule has 0 radical (unpaired) electrons. The Morgan fingerprint density at radius 3 is 2.35 bits per heavy atom. The number of furan rings is 1. The summed E-state index contributed by atoms with van der Waals surface area (Å²) >= 11 is 0. The van der Waals surface area contributed by atoms with Crippen LogP contribution in [0.2, 0.25) is 0 Å². The van der Waals surface area contributed by atoms with E-state index in [-0.39, 0.29) is 5.56 Å². The van der Waals surface area contributed by atoms with Gasteiger partial charge in [-0.2, -0.15) is 0 Å². The van der Waals surface area contributed by atoms with Crippen LogP contribution in [-0.2, 0) is 0 Å². The molecule has 1 aromatic carbocycles. The third kappa shape index (κ3) is 1.93. The van der Waals surface area contributed by atoms with Crippen molar-refractivity contribution in [1.29, 1.82) is 0 Å². The maximum Gasteiger partial charge on any atom is 0.194 e. The summed E-state index contributed by atoms with van der Waals surface area (Å²) in [6, 6.07) is 3.22. The molecule has 1 heterocycles. The summed E-state index contributed by atoms with van der Waals surface area (Å²) in [5, 5.41) is 9.87. The first-order valence-electron chi connectivity index (χ1n) is 4.88. The molecule has 1 N–H and O–H groups in total. The zero-order chi connectivity index (χ0) is 12.6. The largest absolute Gasteiger partial charge is 0.469 e. The molecule has 0 fully saturated rings. The molecule has 0 amide bonds. The van der Waals surface area contributed by atoms with Crippen LogP contribution in [0.3, 0.4) is 0 Å². The Hall–Kier alpha value is -1.75. The lowest BCUT2D eigenvalue weighted by molar-refractivity contribution is 0.210. The van der Waals surface area contributed by atoms with Crippen molar-refractivity contribution in [3.05, 3.63) is 58.8 Å². The molecule has 2 rings (SSSR count). The van der Waals surface area contributed by atoms with Crippen molar-refractivity contribution in [2.24, 2.45) is 0 Å². The molecule has 1 atom stereocenters. The normalized spacial score (nSPS) is 12.8. The predicted molar refractivity (Wildman–Crippen MR) is 53.8 cm³/mol. The first-order valence-corrected chi connectivity index (χ1v) is 4.88. The van der Waals surface area contributed by atoms with E-state index in [1.807, 2.05) is 0 Å². The molecular weight excluding hydrogens is 233 g/mol. The van der Waals surface area contributed by atoms with Gasteiger partial charge in [-0.15, -0.1) is 0 Å². The summed E-state index contributed by atoms with van der Waals surface area (Å²) in [6.45, 7) is 1.58. The number of benzene rings is 1. The lowest BCUT2D eigenvalue weighted by Gasteiger charge is -2.11. The van der Waals surface area contributed by atoms with Crippen LogP contribution < -0.4 is 0 Å². The smallest absolute Gasteiger partial charge is 0.194 e. The molecule has 2 aromatic rings. The van der Waals surface area contributed by atoms with Gasteiger partial charge >= 0.3 is 0 Å². The molecule has 0 aliphatic rings. The second-order valence-electron chi connectivity index (χ2n) is 3.60. The standard InChI is InChI=1S/C12H9F3O2/c1-6-7(4-5-17-6)12(16)8-2-3-9(13)11(15)10(8)14/h2-5,12,16H,1H3. The van der Waals surface area contributed by atoms with Gasteiger partial charge in [0.1, 0.15) is 11.9 Å². The zero-order valence-electron chi connectivity index (χ0n) is 8.88. The summed E-state index contributed by atoms with van der Waals surface area (Å²) in [5.74, 6) is -3.88. The Morgan fingerprint density at radius 2 is 1.76 bits per heavy atom. The number of hydrogen-bond acceptors (Lipinski definition) is 2. The first kappa shape index (κ1) is 11.7. The molecule has 1 unspecified atom stereocenters. The van der Waals surface area contributed by atoms with Crippen LogP contribution in [-0.4, -0.2) is 5.11 Å². The van der Waals surface area contributed by atoms with Gasteiger partial charge in [0.2, 0.25) is 0 Å². The van der Waals surface area contributed by atoms with Crippen molar-refractivity contribution >= 4 is 0 Å².